The average Bonchev–Trinajstić information content (AvgIpc) is 2.75. The van der Waals surface area contributed by atoms with Gasteiger partial charge in [-0.2, -0.15) is 18.4 Å². The molecule has 164 valence electrons. The molecule has 0 aliphatic rings. The second-order valence-corrected chi connectivity index (χ2v) is 7.60. The third-order valence-electron chi connectivity index (χ3n) is 4.65. The average molecular weight is 458 g/mol. The Kier molecular flexibility index (Phi) is 6.70. The molecule has 0 spiro atoms. The molecular weight excluding hydrogens is 439 g/mol. The first-order chi connectivity index (χ1) is 15.1. The highest BCUT2D eigenvalue weighted by Crippen LogP contribution is 2.37. The molecule has 3 aromatic rings. The number of nitrogens with zero attached hydrogens (tertiary/aromatic N) is 4. The second kappa shape index (κ2) is 9.28. The van der Waals surface area contributed by atoms with E-state index in [0.29, 0.717) is 22.8 Å². The SMILES string of the molecule is C/C(=C\c1c(Nc2ccc(Cl)c(C(F)(F)F)c2)ncnc1N(C)C)c1ccc(C#N)cc1. The molecule has 2 aromatic carbocycles. The van der Waals surface area contributed by atoms with E-state index in [1.54, 1.807) is 17.0 Å². The number of aromatic nitrogens is 2. The van der Waals surface area contributed by atoms with E-state index in [4.69, 9.17) is 16.9 Å². The maximum atomic E-state index is 13.3. The van der Waals surface area contributed by atoms with E-state index < -0.39 is 11.7 Å². The van der Waals surface area contributed by atoms with Crippen molar-refractivity contribution in [2.75, 3.05) is 24.3 Å². The summed E-state index contributed by atoms with van der Waals surface area (Å²) in [5.41, 5.74) is 2.15. The zero-order chi connectivity index (χ0) is 23.5. The third-order valence-corrected chi connectivity index (χ3v) is 4.98. The molecular formula is C23H19ClF3N5. The molecule has 0 radical (unpaired) electrons. The van der Waals surface area contributed by atoms with E-state index in [9.17, 15) is 13.2 Å². The van der Waals surface area contributed by atoms with Crippen LogP contribution in [0.15, 0.2) is 48.8 Å². The summed E-state index contributed by atoms with van der Waals surface area (Å²) in [4.78, 5) is 10.4. The van der Waals surface area contributed by atoms with Crippen LogP contribution in [0.3, 0.4) is 0 Å². The lowest BCUT2D eigenvalue weighted by Crippen LogP contribution is -2.14. The predicted molar refractivity (Wildman–Crippen MR) is 121 cm³/mol. The fraction of sp³-hybridized carbons (Fsp3) is 0.174. The molecule has 0 aliphatic carbocycles. The molecule has 0 saturated carbocycles. The van der Waals surface area contributed by atoms with E-state index in [0.717, 1.165) is 17.2 Å². The van der Waals surface area contributed by atoms with Crippen LogP contribution in [0.25, 0.3) is 11.6 Å². The van der Waals surface area contributed by atoms with E-state index in [1.165, 1.54) is 18.5 Å². The van der Waals surface area contributed by atoms with Gasteiger partial charge in [-0.1, -0.05) is 23.7 Å². The zero-order valence-electron chi connectivity index (χ0n) is 17.5. The van der Waals surface area contributed by atoms with Crippen LogP contribution in [-0.4, -0.2) is 24.1 Å². The molecule has 0 amide bonds. The monoisotopic (exact) mass is 457 g/mol. The maximum absolute atomic E-state index is 13.3. The molecule has 1 N–H and O–H groups in total. The minimum absolute atomic E-state index is 0.191. The van der Waals surface area contributed by atoms with Crippen molar-refractivity contribution in [1.82, 2.24) is 9.97 Å². The Balaban J connectivity index is 2.07. The summed E-state index contributed by atoms with van der Waals surface area (Å²) in [6.07, 6.45) is -1.39. The summed E-state index contributed by atoms with van der Waals surface area (Å²) in [5, 5.41) is 11.6. The standard InChI is InChI=1S/C23H19ClF3N5/c1-14(16-6-4-15(12-28)5-7-16)10-18-21(29-13-30-22(18)32(2)3)31-17-8-9-20(24)19(11-17)23(25,26)27/h4-11,13H,1-3H3,(H,29,30,31)/b14-10+. The minimum atomic E-state index is -4.58. The zero-order valence-corrected chi connectivity index (χ0v) is 18.3. The normalized spacial score (nSPS) is 11.8. The van der Waals surface area contributed by atoms with Crippen molar-refractivity contribution in [3.05, 3.63) is 76.1 Å². The van der Waals surface area contributed by atoms with Crippen LogP contribution in [0, 0.1) is 11.3 Å². The van der Waals surface area contributed by atoms with Crippen LogP contribution in [0.5, 0.6) is 0 Å². The summed E-state index contributed by atoms with van der Waals surface area (Å²) in [6, 6.07) is 12.7. The Morgan fingerprint density at radius 1 is 1.12 bits per heavy atom. The summed E-state index contributed by atoms with van der Waals surface area (Å²) < 4.78 is 39.8. The molecule has 1 aromatic heterocycles. The highest BCUT2D eigenvalue weighted by molar-refractivity contribution is 6.31. The Morgan fingerprint density at radius 2 is 1.81 bits per heavy atom. The van der Waals surface area contributed by atoms with Crippen molar-refractivity contribution in [3.63, 3.8) is 0 Å². The highest BCUT2D eigenvalue weighted by Gasteiger charge is 2.33. The first-order valence-electron chi connectivity index (χ1n) is 9.45. The summed E-state index contributed by atoms with van der Waals surface area (Å²) in [5.74, 6) is 0.924. The van der Waals surface area contributed by atoms with Gasteiger partial charge in [0.05, 0.1) is 27.8 Å². The lowest BCUT2D eigenvalue weighted by atomic mass is 10.0. The first-order valence-corrected chi connectivity index (χ1v) is 9.83. The first kappa shape index (κ1) is 23.1. The van der Waals surface area contributed by atoms with Crippen molar-refractivity contribution in [3.8, 4) is 6.07 Å². The molecule has 0 unspecified atom stereocenters. The summed E-state index contributed by atoms with van der Waals surface area (Å²) >= 11 is 5.73. The Labute approximate surface area is 188 Å². The van der Waals surface area contributed by atoms with Gasteiger partial charge in [0.1, 0.15) is 18.0 Å². The fourth-order valence-corrected chi connectivity index (χ4v) is 3.26. The third kappa shape index (κ3) is 5.18. The van der Waals surface area contributed by atoms with Gasteiger partial charge in [0, 0.05) is 19.8 Å². The molecule has 0 atom stereocenters. The molecule has 32 heavy (non-hydrogen) atoms. The molecule has 9 heteroatoms. The Hall–Kier alpha value is -3.57. The van der Waals surface area contributed by atoms with Crippen molar-refractivity contribution < 1.29 is 13.2 Å². The molecule has 5 nitrogen and oxygen atoms in total. The molecule has 0 saturated heterocycles. The van der Waals surface area contributed by atoms with Gasteiger partial charge in [0.25, 0.3) is 0 Å². The van der Waals surface area contributed by atoms with Crippen LogP contribution < -0.4 is 10.2 Å². The quantitative estimate of drug-likeness (QED) is 0.481. The number of alkyl halides is 3. The van der Waals surface area contributed by atoms with E-state index in [-0.39, 0.29) is 10.7 Å². The van der Waals surface area contributed by atoms with Gasteiger partial charge in [-0.3, -0.25) is 0 Å². The topological polar surface area (TPSA) is 64.8 Å². The van der Waals surface area contributed by atoms with Gasteiger partial charge in [0.2, 0.25) is 0 Å². The maximum Gasteiger partial charge on any atom is 0.417 e. The number of hydrogen-bond donors (Lipinski definition) is 1. The predicted octanol–water partition coefficient (Wildman–Crippen LogP) is 6.39. The smallest absolute Gasteiger partial charge is 0.362 e. The van der Waals surface area contributed by atoms with Crippen molar-refractivity contribution in [1.29, 1.82) is 5.26 Å². The van der Waals surface area contributed by atoms with Crippen molar-refractivity contribution >= 4 is 40.6 Å². The van der Waals surface area contributed by atoms with Gasteiger partial charge in [-0.05, 0) is 54.5 Å². The highest BCUT2D eigenvalue weighted by atomic mass is 35.5. The Bertz CT molecular complexity index is 1200. The van der Waals surface area contributed by atoms with Gasteiger partial charge in [-0.25, -0.2) is 9.97 Å². The van der Waals surface area contributed by atoms with Gasteiger partial charge in [0.15, 0.2) is 0 Å². The number of nitriles is 1. The van der Waals surface area contributed by atoms with Gasteiger partial charge < -0.3 is 10.2 Å². The molecule has 0 bridgehead atoms. The molecule has 3 rings (SSSR count). The lowest BCUT2D eigenvalue weighted by molar-refractivity contribution is -0.137. The number of halogens is 4. The van der Waals surface area contributed by atoms with Crippen LogP contribution >= 0.6 is 11.6 Å². The van der Waals surface area contributed by atoms with Crippen LogP contribution in [0.4, 0.5) is 30.5 Å². The number of anilines is 3. The largest absolute Gasteiger partial charge is 0.417 e. The minimum Gasteiger partial charge on any atom is -0.362 e. The second-order valence-electron chi connectivity index (χ2n) is 7.19. The van der Waals surface area contributed by atoms with Gasteiger partial charge >= 0.3 is 6.18 Å². The van der Waals surface area contributed by atoms with E-state index in [2.05, 4.69) is 21.4 Å². The summed E-state index contributed by atoms with van der Waals surface area (Å²) in [7, 11) is 3.62. The fourth-order valence-electron chi connectivity index (χ4n) is 3.04. The van der Waals surface area contributed by atoms with Crippen molar-refractivity contribution in [2.45, 2.75) is 13.1 Å². The Morgan fingerprint density at radius 3 is 2.41 bits per heavy atom. The van der Waals surface area contributed by atoms with Gasteiger partial charge in [-0.15, -0.1) is 0 Å². The molecule has 0 fully saturated rings. The number of hydrogen-bond acceptors (Lipinski definition) is 5. The molecule has 1 heterocycles. The van der Waals surface area contributed by atoms with Crippen LogP contribution in [0.1, 0.15) is 29.2 Å². The van der Waals surface area contributed by atoms with Crippen molar-refractivity contribution in [2.24, 2.45) is 0 Å². The van der Waals surface area contributed by atoms with Crippen LogP contribution in [-0.2, 0) is 6.18 Å². The lowest BCUT2D eigenvalue weighted by Gasteiger charge is -2.18. The summed E-state index contributed by atoms with van der Waals surface area (Å²) in [6.45, 7) is 1.89. The van der Waals surface area contributed by atoms with E-state index in [1.807, 2.05) is 39.2 Å². The molecule has 0 aliphatic heterocycles. The van der Waals surface area contributed by atoms with E-state index >= 15 is 0 Å². The number of benzene rings is 2. The number of nitrogens with one attached hydrogen (secondary N) is 1. The number of allylic oxidation sites excluding steroid dienone is 1. The van der Waals surface area contributed by atoms with Crippen LogP contribution in [0.2, 0.25) is 5.02 Å². The number of rotatable bonds is 5.